The van der Waals surface area contributed by atoms with Gasteiger partial charge in [-0.05, 0) is 43.0 Å². The molecule has 44 heavy (non-hydrogen) atoms. The van der Waals surface area contributed by atoms with Gasteiger partial charge in [-0.3, -0.25) is 4.18 Å². The van der Waals surface area contributed by atoms with Gasteiger partial charge in [-0.25, -0.2) is 4.79 Å². The highest BCUT2D eigenvalue weighted by atomic mass is 32.2. The van der Waals surface area contributed by atoms with Gasteiger partial charge in [-0.2, -0.15) is 8.42 Å². The van der Waals surface area contributed by atoms with E-state index in [1.807, 2.05) is 91.0 Å². The minimum atomic E-state index is -3.95. The second kappa shape index (κ2) is 17.1. The zero-order valence-electron chi connectivity index (χ0n) is 25.8. The van der Waals surface area contributed by atoms with E-state index in [9.17, 15) is 13.2 Å². The smallest absolute Gasteiger partial charge is 0.407 e. The van der Waals surface area contributed by atoms with Crippen LogP contribution in [0.25, 0.3) is 0 Å². The van der Waals surface area contributed by atoms with Crippen molar-refractivity contribution in [3.05, 3.63) is 120 Å². The van der Waals surface area contributed by atoms with Crippen molar-refractivity contribution < 1.29 is 36.3 Å². The topological polar surface area (TPSA) is 109 Å². The number of nitrogens with one attached hydrogen (secondary N) is 1. The number of rotatable bonds is 17. The molecule has 0 aliphatic carbocycles. The molecular weight excluding hydrogens is 582 g/mol. The van der Waals surface area contributed by atoms with Crippen molar-refractivity contribution in [3.8, 4) is 0 Å². The van der Waals surface area contributed by atoms with Gasteiger partial charge in [0, 0.05) is 6.54 Å². The molecule has 0 saturated heterocycles. The summed E-state index contributed by atoms with van der Waals surface area (Å²) in [6.07, 6.45) is -2.68. The average molecular weight is 626 g/mol. The summed E-state index contributed by atoms with van der Waals surface area (Å²) < 4.78 is 54.7. The summed E-state index contributed by atoms with van der Waals surface area (Å²) in [4.78, 5) is 12.5. The van der Waals surface area contributed by atoms with Crippen LogP contribution in [0.3, 0.4) is 0 Å². The molecule has 0 fully saturated rings. The van der Waals surface area contributed by atoms with Crippen LogP contribution in [0.15, 0.2) is 103 Å². The van der Waals surface area contributed by atoms with Crippen LogP contribution in [-0.4, -0.2) is 57.8 Å². The molecule has 3 aromatic carbocycles. The highest BCUT2D eigenvalue weighted by molar-refractivity contribution is 7.86. The molecule has 3 rings (SSSR count). The SMILES string of the molecule is C=C(CNC(=O)OC(C)(C)C)[C@@H](OCc1ccccc1)[C@@H](OCc1ccccc1)[C@@H](COCc1ccccc1)OS(C)(=O)=O. The van der Waals surface area contributed by atoms with Gasteiger partial charge in [0.15, 0.2) is 0 Å². The second-order valence-electron chi connectivity index (χ2n) is 11.3. The van der Waals surface area contributed by atoms with Gasteiger partial charge in [0.05, 0.1) is 32.7 Å². The Hall–Kier alpha value is -3.54. The summed E-state index contributed by atoms with van der Waals surface area (Å²) in [6, 6.07) is 28.5. The predicted octanol–water partition coefficient (Wildman–Crippen LogP) is 5.80. The molecule has 0 aromatic heterocycles. The Kier molecular flexibility index (Phi) is 13.6. The first-order chi connectivity index (χ1) is 20.9. The van der Waals surface area contributed by atoms with Gasteiger partial charge in [-0.15, -0.1) is 0 Å². The number of amides is 1. The summed E-state index contributed by atoms with van der Waals surface area (Å²) in [6.45, 7) is 9.88. The maximum Gasteiger partial charge on any atom is 0.407 e. The lowest BCUT2D eigenvalue weighted by Gasteiger charge is -2.34. The molecule has 0 radical (unpaired) electrons. The summed E-state index contributed by atoms with van der Waals surface area (Å²) in [5.74, 6) is 0. The fraction of sp³-hybridized carbons (Fsp3) is 0.382. The zero-order chi connectivity index (χ0) is 32.0. The van der Waals surface area contributed by atoms with Crippen LogP contribution in [0.2, 0.25) is 0 Å². The van der Waals surface area contributed by atoms with Gasteiger partial charge >= 0.3 is 6.09 Å². The number of carbonyl (C=O) groups excluding carboxylic acids is 1. The zero-order valence-corrected chi connectivity index (χ0v) is 26.6. The Morgan fingerprint density at radius 3 is 1.75 bits per heavy atom. The molecule has 0 bridgehead atoms. The lowest BCUT2D eigenvalue weighted by atomic mass is 10.0. The maximum atomic E-state index is 12.5. The Bertz CT molecular complexity index is 1390. The normalized spacial score (nSPS) is 13.9. The van der Waals surface area contributed by atoms with Gasteiger partial charge in [0.25, 0.3) is 10.1 Å². The van der Waals surface area contributed by atoms with Crippen molar-refractivity contribution in [1.82, 2.24) is 5.32 Å². The highest BCUT2D eigenvalue weighted by Crippen LogP contribution is 2.23. The molecule has 1 N–H and O–H groups in total. The van der Waals surface area contributed by atoms with Crippen LogP contribution in [-0.2, 0) is 53.1 Å². The Morgan fingerprint density at radius 1 is 0.795 bits per heavy atom. The Balaban J connectivity index is 1.92. The van der Waals surface area contributed by atoms with Crippen molar-refractivity contribution in [2.75, 3.05) is 19.4 Å². The quantitative estimate of drug-likeness (QED) is 0.148. The van der Waals surface area contributed by atoms with Gasteiger partial charge in [-0.1, -0.05) is 97.6 Å². The molecule has 0 saturated carbocycles. The van der Waals surface area contributed by atoms with Crippen LogP contribution in [0.1, 0.15) is 37.5 Å². The second-order valence-corrected chi connectivity index (χ2v) is 12.9. The van der Waals surface area contributed by atoms with E-state index in [1.165, 1.54) is 0 Å². The molecule has 0 aliphatic rings. The minimum absolute atomic E-state index is 0.0178. The van der Waals surface area contributed by atoms with Crippen molar-refractivity contribution in [2.24, 2.45) is 0 Å². The molecule has 238 valence electrons. The number of benzene rings is 3. The molecule has 0 unspecified atom stereocenters. The number of alkyl carbamates (subject to hydrolysis) is 1. The van der Waals surface area contributed by atoms with Crippen LogP contribution in [0, 0.1) is 0 Å². The summed E-state index contributed by atoms with van der Waals surface area (Å²) in [5, 5.41) is 2.71. The number of ether oxygens (including phenoxy) is 4. The van der Waals surface area contributed by atoms with E-state index in [1.54, 1.807) is 20.8 Å². The van der Waals surface area contributed by atoms with Crippen molar-refractivity contribution in [3.63, 3.8) is 0 Å². The van der Waals surface area contributed by atoms with E-state index in [2.05, 4.69) is 11.9 Å². The third-order valence-corrected chi connectivity index (χ3v) is 6.77. The van der Waals surface area contributed by atoms with E-state index in [4.69, 9.17) is 23.1 Å². The van der Waals surface area contributed by atoms with E-state index in [-0.39, 0.29) is 33.0 Å². The fourth-order valence-electron chi connectivity index (χ4n) is 4.23. The lowest BCUT2D eigenvalue weighted by Crippen LogP contribution is -2.48. The van der Waals surface area contributed by atoms with E-state index < -0.39 is 40.1 Å². The number of carbonyl (C=O) groups is 1. The van der Waals surface area contributed by atoms with Gasteiger partial charge in [0.1, 0.15) is 23.9 Å². The maximum absolute atomic E-state index is 12.5. The van der Waals surface area contributed by atoms with E-state index >= 15 is 0 Å². The van der Waals surface area contributed by atoms with Crippen LogP contribution in [0.4, 0.5) is 4.79 Å². The van der Waals surface area contributed by atoms with E-state index in [0.717, 1.165) is 22.9 Å². The molecule has 0 aliphatic heterocycles. The molecule has 0 heterocycles. The average Bonchev–Trinajstić information content (AvgIpc) is 2.97. The Labute approximate surface area is 261 Å². The predicted molar refractivity (Wildman–Crippen MR) is 169 cm³/mol. The first-order valence-electron chi connectivity index (χ1n) is 14.3. The van der Waals surface area contributed by atoms with Crippen molar-refractivity contribution in [1.29, 1.82) is 0 Å². The first-order valence-corrected chi connectivity index (χ1v) is 16.2. The molecule has 9 nitrogen and oxygen atoms in total. The monoisotopic (exact) mass is 625 g/mol. The van der Waals surface area contributed by atoms with Crippen molar-refractivity contribution >= 4 is 16.2 Å². The molecule has 0 spiro atoms. The van der Waals surface area contributed by atoms with Crippen LogP contribution in [0.5, 0.6) is 0 Å². The van der Waals surface area contributed by atoms with Crippen molar-refractivity contribution in [2.45, 2.75) is 64.5 Å². The van der Waals surface area contributed by atoms with Gasteiger partial charge in [0.2, 0.25) is 0 Å². The van der Waals surface area contributed by atoms with Gasteiger partial charge < -0.3 is 24.3 Å². The van der Waals surface area contributed by atoms with Crippen LogP contribution >= 0.6 is 0 Å². The standard InChI is InChI=1S/C34H43NO8S/c1-26(21-35-33(36)42-34(2,3)4)31(40-23-28-17-11-7-12-18-28)32(41-24-29-19-13-8-14-20-29)30(43-44(5,37)38)25-39-22-27-15-9-6-10-16-27/h6-20,30-32H,1,21-25H2,2-5H3,(H,35,36)/t30-,31-,32+/m1/s1. The van der Waals surface area contributed by atoms with Crippen LogP contribution < -0.4 is 5.32 Å². The fourth-order valence-corrected chi connectivity index (χ4v) is 4.85. The summed E-state index contributed by atoms with van der Waals surface area (Å²) >= 11 is 0. The highest BCUT2D eigenvalue weighted by Gasteiger charge is 2.37. The molecule has 1 amide bonds. The lowest BCUT2D eigenvalue weighted by molar-refractivity contribution is -0.128. The molecule has 3 atom stereocenters. The number of hydrogen-bond donors (Lipinski definition) is 1. The third-order valence-electron chi connectivity index (χ3n) is 6.18. The minimum Gasteiger partial charge on any atom is -0.444 e. The third kappa shape index (κ3) is 13.4. The molecule has 3 aromatic rings. The number of hydrogen-bond acceptors (Lipinski definition) is 8. The van der Waals surface area contributed by atoms with E-state index in [0.29, 0.717) is 5.57 Å². The largest absolute Gasteiger partial charge is 0.444 e. The first kappa shape index (κ1) is 34.9. The molecule has 10 heteroatoms. The Morgan fingerprint density at radius 2 is 1.27 bits per heavy atom. The summed E-state index contributed by atoms with van der Waals surface area (Å²) in [5.41, 5.74) is 2.39. The summed E-state index contributed by atoms with van der Waals surface area (Å²) in [7, 11) is -3.95. The molecular formula is C34H43NO8S.